The summed E-state index contributed by atoms with van der Waals surface area (Å²) in [6.07, 6.45) is -1.31. The number of aliphatic carboxylic acids is 1. The molecule has 218 valence electrons. The van der Waals surface area contributed by atoms with Crippen molar-refractivity contribution in [1.82, 2.24) is 5.32 Å². The number of alkyl carbamates (subject to hydrolysis) is 1. The molecule has 0 spiro atoms. The highest BCUT2D eigenvalue weighted by Gasteiger charge is 2.51. The quantitative estimate of drug-likeness (QED) is 0.210. The molecule has 2 amide bonds. The molecule has 1 aliphatic heterocycles. The lowest BCUT2D eigenvalue weighted by Gasteiger charge is -2.29. The molecule has 5 rings (SSSR count). The highest BCUT2D eigenvalue weighted by Crippen LogP contribution is 2.60. The zero-order valence-corrected chi connectivity index (χ0v) is 23.9. The summed E-state index contributed by atoms with van der Waals surface area (Å²) >= 11 is 6.16. The molecule has 1 heterocycles. The number of amides is 2. The normalized spacial score (nSPS) is 16.6. The Balaban J connectivity index is 1.27. The van der Waals surface area contributed by atoms with E-state index in [1.165, 1.54) is 0 Å². The zero-order chi connectivity index (χ0) is 29.8. The molecule has 2 atom stereocenters. The fourth-order valence-corrected chi connectivity index (χ4v) is 5.39. The van der Waals surface area contributed by atoms with Crippen molar-refractivity contribution in [2.75, 3.05) is 31.2 Å². The average Bonchev–Trinajstić information content (AvgIpc) is 3.64. The predicted molar refractivity (Wildman–Crippen MR) is 158 cm³/mol. The number of carbonyl (C=O) groups excluding carboxylic acids is 2. The van der Waals surface area contributed by atoms with Gasteiger partial charge in [-0.05, 0) is 53.4 Å². The summed E-state index contributed by atoms with van der Waals surface area (Å²) in [4.78, 5) is 37.5. The minimum atomic E-state index is -1.00. The van der Waals surface area contributed by atoms with E-state index in [2.05, 4.69) is 11.9 Å². The number of carboxylic acid groups (broad SMARTS) is 1. The summed E-state index contributed by atoms with van der Waals surface area (Å²) < 4.78 is 16.6. The summed E-state index contributed by atoms with van der Waals surface area (Å²) in [6.45, 7) is 6.91. The summed E-state index contributed by atoms with van der Waals surface area (Å²) in [5.41, 5.74) is 6.36. The molecule has 1 fully saturated rings. The third-order valence-corrected chi connectivity index (χ3v) is 7.86. The van der Waals surface area contributed by atoms with Crippen molar-refractivity contribution < 1.29 is 33.7 Å². The maximum atomic E-state index is 13.2. The van der Waals surface area contributed by atoms with E-state index in [-0.39, 0.29) is 44.6 Å². The Morgan fingerprint density at radius 3 is 2.67 bits per heavy atom. The summed E-state index contributed by atoms with van der Waals surface area (Å²) in [7, 11) is 0. The van der Waals surface area contributed by atoms with Crippen LogP contribution in [0.25, 0.3) is 11.1 Å². The molecule has 10 heteroatoms. The van der Waals surface area contributed by atoms with Gasteiger partial charge in [0.15, 0.2) is 0 Å². The molecule has 1 aliphatic carbocycles. The molecule has 0 bridgehead atoms. The molecule has 2 N–H and O–H groups in total. The van der Waals surface area contributed by atoms with Crippen LogP contribution in [0, 0.1) is 12.8 Å². The second kappa shape index (κ2) is 12.6. The fourth-order valence-electron chi connectivity index (χ4n) is 5.22. The minimum absolute atomic E-state index is 0.00960. The van der Waals surface area contributed by atoms with Crippen LogP contribution >= 0.6 is 11.6 Å². The number of halogens is 1. The van der Waals surface area contributed by atoms with Gasteiger partial charge in [-0.25, -0.2) is 9.59 Å². The number of carbonyl (C=O) groups is 3. The van der Waals surface area contributed by atoms with Crippen molar-refractivity contribution in [1.29, 1.82) is 0 Å². The van der Waals surface area contributed by atoms with Crippen LogP contribution in [-0.4, -0.2) is 49.6 Å². The molecule has 0 unspecified atom stereocenters. The molecule has 3 aromatic rings. The number of hydrogen-bond donors (Lipinski definition) is 2. The number of nitrogens with one attached hydrogen (secondary N) is 1. The van der Waals surface area contributed by atoms with Crippen LogP contribution in [0.3, 0.4) is 0 Å². The zero-order valence-electron chi connectivity index (χ0n) is 23.1. The Morgan fingerprint density at radius 2 is 1.86 bits per heavy atom. The van der Waals surface area contributed by atoms with Crippen LogP contribution in [0.2, 0.25) is 5.02 Å². The first-order chi connectivity index (χ1) is 20.2. The number of hydrogen-bond acceptors (Lipinski definition) is 6. The molecule has 1 saturated carbocycles. The molecule has 0 radical (unpaired) electrons. The Kier molecular flexibility index (Phi) is 8.68. The van der Waals surface area contributed by atoms with Crippen LogP contribution in [0.5, 0.6) is 5.75 Å². The number of fused-ring (bicyclic) bond motifs is 3. The van der Waals surface area contributed by atoms with Crippen molar-refractivity contribution in [3.8, 4) is 16.9 Å². The fraction of sp³-hybridized carbons (Fsp3) is 0.281. The van der Waals surface area contributed by atoms with Gasteiger partial charge in [0.2, 0.25) is 0 Å². The molecular weight excluding hydrogens is 560 g/mol. The monoisotopic (exact) mass is 590 g/mol. The lowest BCUT2D eigenvalue weighted by molar-refractivity contribution is -0.136. The van der Waals surface area contributed by atoms with Crippen LogP contribution < -0.4 is 15.0 Å². The topological polar surface area (TPSA) is 114 Å². The smallest absolute Gasteiger partial charge is 0.414 e. The van der Waals surface area contributed by atoms with Crippen molar-refractivity contribution in [3.05, 3.63) is 94.5 Å². The van der Waals surface area contributed by atoms with E-state index in [4.69, 9.17) is 30.9 Å². The first-order valence-corrected chi connectivity index (χ1v) is 14.0. The number of rotatable bonds is 10. The predicted octanol–water partition coefficient (Wildman–Crippen LogP) is 6.32. The lowest BCUT2D eigenvalue weighted by Crippen LogP contribution is -2.37. The van der Waals surface area contributed by atoms with Crippen LogP contribution in [-0.2, 0) is 20.9 Å². The molecule has 42 heavy (non-hydrogen) atoms. The van der Waals surface area contributed by atoms with E-state index in [9.17, 15) is 14.4 Å². The Hall–Kier alpha value is -4.50. The van der Waals surface area contributed by atoms with E-state index in [0.717, 1.165) is 39.1 Å². The van der Waals surface area contributed by atoms with E-state index in [1.54, 1.807) is 11.0 Å². The van der Waals surface area contributed by atoms with Crippen molar-refractivity contribution >= 4 is 35.4 Å². The maximum Gasteiger partial charge on any atom is 0.414 e. The molecule has 3 aromatic carbocycles. The standard InChI is InChI=1S/C32H31ClN2O7/c1-19-24-17-35(32(39)41-15-14-40-27-11-5-9-25(33)20(27)2)26-10-4-8-23(30(26)29(19)24)22-7-3-6-21(16-22)18-42-31(38)34-13-12-28(36)37/h3-11,16,24,29H,1,12-15,17-18H2,2H3,(H,34,38)(H,36,37)/t24-,29+/m0/s1. The summed E-state index contributed by atoms with van der Waals surface area (Å²) in [5, 5.41) is 11.7. The second-order valence-corrected chi connectivity index (χ2v) is 10.6. The summed E-state index contributed by atoms with van der Waals surface area (Å²) in [6, 6.07) is 18.9. The van der Waals surface area contributed by atoms with Gasteiger partial charge >= 0.3 is 18.2 Å². The number of anilines is 1. The molecule has 0 saturated heterocycles. The summed E-state index contributed by atoms with van der Waals surface area (Å²) in [5.74, 6) is -0.0542. The number of nitrogens with zero attached hydrogens (tertiary/aromatic N) is 1. The van der Waals surface area contributed by atoms with E-state index in [1.807, 2.05) is 61.5 Å². The van der Waals surface area contributed by atoms with Crippen molar-refractivity contribution in [2.24, 2.45) is 5.92 Å². The Morgan fingerprint density at radius 1 is 1.07 bits per heavy atom. The lowest BCUT2D eigenvalue weighted by atomic mass is 9.91. The largest absolute Gasteiger partial charge is 0.490 e. The number of ether oxygens (including phenoxy) is 3. The van der Waals surface area contributed by atoms with E-state index >= 15 is 0 Å². The van der Waals surface area contributed by atoms with Gasteiger partial charge in [-0.1, -0.05) is 60.2 Å². The first kappa shape index (κ1) is 29.0. The van der Waals surface area contributed by atoms with Gasteiger partial charge in [-0.15, -0.1) is 0 Å². The van der Waals surface area contributed by atoms with Gasteiger partial charge in [-0.3, -0.25) is 9.69 Å². The van der Waals surface area contributed by atoms with Crippen molar-refractivity contribution in [2.45, 2.75) is 25.9 Å². The molecular formula is C32H31ClN2O7. The third kappa shape index (κ3) is 6.36. The van der Waals surface area contributed by atoms with Gasteiger partial charge in [0.05, 0.1) is 12.1 Å². The third-order valence-electron chi connectivity index (χ3n) is 7.45. The van der Waals surface area contributed by atoms with Gasteiger partial charge in [0.25, 0.3) is 0 Å². The Labute approximate surface area is 248 Å². The second-order valence-electron chi connectivity index (χ2n) is 10.2. The van der Waals surface area contributed by atoms with E-state index in [0.29, 0.717) is 17.3 Å². The SMILES string of the molecule is C=C1[C@@H]2CN(C(=O)OCCOc3cccc(Cl)c3C)c3cccc(-c4cccc(COC(=O)NCCC(=O)O)c4)c3[C@H]12. The first-order valence-electron chi connectivity index (χ1n) is 13.6. The van der Waals surface area contributed by atoms with Crippen molar-refractivity contribution in [3.63, 3.8) is 0 Å². The minimum Gasteiger partial charge on any atom is -0.490 e. The highest BCUT2D eigenvalue weighted by atomic mass is 35.5. The van der Waals surface area contributed by atoms with Gasteiger partial charge in [-0.2, -0.15) is 0 Å². The maximum absolute atomic E-state index is 13.2. The van der Waals surface area contributed by atoms with Gasteiger partial charge in [0, 0.05) is 35.5 Å². The average molecular weight is 591 g/mol. The molecule has 0 aromatic heterocycles. The molecule has 9 nitrogen and oxygen atoms in total. The van der Waals surface area contributed by atoms with Crippen LogP contribution in [0.4, 0.5) is 15.3 Å². The van der Waals surface area contributed by atoms with Gasteiger partial charge in [0.1, 0.15) is 25.6 Å². The number of benzene rings is 3. The number of carboxylic acids is 1. The van der Waals surface area contributed by atoms with Gasteiger partial charge < -0.3 is 24.6 Å². The van der Waals surface area contributed by atoms with E-state index < -0.39 is 18.2 Å². The van der Waals surface area contributed by atoms with Crippen LogP contribution in [0.1, 0.15) is 29.0 Å². The highest BCUT2D eigenvalue weighted by molar-refractivity contribution is 6.31. The Bertz CT molecular complexity index is 1540. The molecule has 2 aliphatic rings. The van der Waals surface area contributed by atoms with Crippen LogP contribution in [0.15, 0.2) is 72.8 Å².